The van der Waals surface area contributed by atoms with E-state index in [9.17, 15) is 9.59 Å². The fraction of sp³-hybridized carbons (Fsp3) is 0.207. The van der Waals surface area contributed by atoms with Crippen molar-refractivity contribution in [2.75, 3.05) is 12.3 Å². The minimum Gasteiger partial charge on any atom is -0.457 e. The number of nitrogens with zero attached hydrogens (tertiary/aromatic N) is 5. The van der Waals surface area contributed by atoms with Gasteiger partial charge in [-0.1, -0.05) is 38.1 Å². The van der Waals surface area contributed by atoms with Gasteiger partial charge in [0.2, 0.25) is 0 Å². The second kappa shape index (κ2) is 13.0. The molecule has 5 rings (SSSR count). The van der Waals surface area contributed by atoms with Gasteiger partial charge in [-0.15, -0.1) is 6.58 Å². The number of fused-ring (bicyclic) bond motifs is 1. The Labute approximate surface area is 222 Å². The maximum Gasteiger partial charge on any atom is 0.256 e. The van der Waals surface area contributed by atoms with Gasteiger partial charge in [0, 0.05) is 23.8 Å². The van der Waals surface area contributed by atoms with E-state index in [-0.39, 0.29) is 24.9 Å². The summed E-state index contributed by atoms with van der Waals surface area (Å²) in [5.41, 5.74) is 8.55. The summed E-state index contributed by atoms with van der Waals surface area (Å²) >= 11 is 0. The first-order chi connectivity index (χ1) is 18.4. The van der Waals surface area contributed by atoms with Crippen molar-refractivity contribution in [3.8, 4) is 22.8 Å². The number of amides is 2. The molecule has 196 valence electrons. The van der Waals surface area contributed by atoms with E-state index < -0.39 is 0 Å². The number of rotatable bonds is 6. The summed E-state index contributed by atoms with van der Waals surface area (Å²) in [6.07, 6.45) is 4.46. The van der Waals surface area contributed by atoms with E-state index in [1.165, 1.54) is 17.3 Å². The minimum absolute atomic E-state index is 0.176. The van der Waals surface area contributed by atoms with Crippen LogP contribution in [0.5, 0.6) is 11.5 Å². The van der Waals surface area contributed by atoms with Crippen molar-refractivity contribution < 1.29 is 14.3 Å². The molecule has 0 atom stereocenters. The molecule has 0 bridgehead atoms. The summed E-state index contributed by atoms with van der Waals surface area (Å²) in [4.78, 5) is 33.9. The molecule has 1 aliphatic heterocycles. The van der Waals surface area contributed by atoms with E-state index in [1.807, 2.05) is 75.4 Å². The zero-order valence-electron chi connectivity index (χ0n) is 22.1. The molecule has 2 amide bonds. The zero-order chi connectivity index (χ0) is 27.7. The molecule has 1 aliphatic rings. The number of hydrogen-bond donors (Lipinski definition) is 1. The molecule has 0 saturated carbocycles. The average Bonchev–Trinajstić information content (AvgIpc) is 3.42. The Bertz CT molecular complexity index is 1440. The summed E-state index contributed by atoms with van der Waals surface area (Å²) in [5.74, 6) is 1.12. The molecule has 0 spiro atoms. The number of benzene rings is 2. The molecule has 0 unspecified atom stereocenters. The molecule has 0 radical (unpaired) electrons. The van der Waals surface area contributed by atoms with E-state index in [0.29, 0.717) is 33.9 Å². The van der Waals surface area contributed by atoms with Gasteiger partial charge in [0.25, 0.3) is 11.8 Å². The quantitative estimate of drug-likeness (QED) is 0.271. The average molecular weight is 513 g/mol. The number of carbonyl (C=O) groups excluding carboxylic acids is 2. The maximum absolute atomic E-state index is 12.2. The van der Waals surface area contributed by atoms with Gasteiger partial charge in [-0.05, 0) is 50.2 Å². The molecule has 3 heterocycles. The molecule has 2 N–H and O–H groups in total. The Hall–Kier alpha value is -4.79. The molecule has 0 saturated heterocycles. The lowest BCUT2D eigenvalue weighted by atomic mass is 10.1. The SMILES string of the molecule is C=CC.CC.CC1=CC(=O)N(CCn2nc(-c3ccc(Oc4ccccc4)cc3)c3c(N)ncnc32)C1=O. The van der Waals surface area contributed by atoms with Crippen molar-refractivity contribution in [3.05, 3.63) is 85.2 Å². The van der Waals surface area contributed by atoms with Crippen molar-refractivity contribution in [1.82, 2.24) is 24.6 Å². The van der Waals surface area contributed by atoms with E-state index in [1.54, 1.807) is 17.7 Å². The lowest BCUT2D eigenvalue weighted by molar-refractivity contribution is -0.137. The van der Waals surface area contributed by atoms with Crippen molar-refractivity contribution in [2.24, 2.45) is 0 Å². The highest BCUT2D eigenvalue weighted by Gasteiger charge is 2.28. The molecular formula is C29H32N6O3. The lowest BCUT2D eigenvalue weighted by Gasteiger charge is -2.14. The summed E-state index contributed by atoms with van der Waals surface area (Å²) in [5, 5.41) is 5.30. The van der Waals surface area contributed by atoms with Gasteiger partial charge in [-0.3, -0.25) is 14.5 Å². The molecule has 0 aliphatic carbocycles. The van der Waals surface area contributed by atoms with Crippen molar-refractivity contribution in [2.45, 2.75) is 34.2 Å². The standard InChI is InChI=1S/C24H20N6O3.C3H6.C2H6/c1-15-13-19(31)29(24(15)32)11-12-30-23-20(22(25)26-14-27-23)21(28-30)16-7-9-18(10-8-16)33-17-5-3-2-4-6-17;1-3-2;1-2/h2-10,13-14H,11-12H2,1H3,(H2,25,26,27);3H,1H2,2H3;1-2H3. The number of nitrogens with two attached hydrogens (primary N) is 1. The highest BCUT2D eigenvalue weighted by Crippen LogP contribution is 2.32. The molecule has 9 heteroatoms. The predicted octanol–water partition coefficient (Wildman–Crippen LogP) is 5.40. The fourth-order valence-electron chi connectivity index (χ4n) is 3.74. The van der Waals surface area contributed by atoms with Crippen LogP contribution >= 0.6 is 0 Å². The van der Waals surface area contributed by atoms with Crippen LogP contribution in [0.4, 0.5) is 5.82 Å². The number of anilines is 1. The van der Waals surface area contributed by atoms with E-state index in [4.69, 9.17) is 15.6 Å². The number of hydrogen-bond acceptors (Lipinski definition) is 7. The molecule has 4 aromatic rings. The smallest absolute Gasteiger partial charge is 0.256 e. The minimum atomic E-state index is -0.322. The fourth-order valence-corrected chi connectivity index (χ4v) is 3.74. The first kappa shape index (κ1) is 27.8. The van der Waals surface area contributed by atoms with Gasteiger partial charge >= 0.3 is 0 Å². The van der Waals surface area contributed by atoms with E-state index in [0.717, 1.165) is 11.3 Å². The summed E-state index contributed by atoms with van der Waals surface area (Å²) in [7, 11) is 0. The number of imide groups is 1. The van der Waals surface area contributed by atoms with Crippen LogP contribution in [0.1, 0.15) is 27.7 Å². The third-order valence-corrected chi connectivity index (χ3v) is 5.39. The van der Waals surface area contributed by atoms with Crippen molar-refractivity contribution in [3.63, 3.8) is 0 Å². The van der Waals surface area contributed by atoms with Crippen LogP contribution in [-0.4, -0.2) is 43.0 Å². The number of carbonyl (C=O) groups is 2. The number of para-hydroxylation sites is 1. The van der Waals surface area contributed by atoms with Crippen LogP contribution in [0.15, 0.2) is 85.2 Å². The van der Waals surface area contributed by atoms with Crippen LogP contribution in [0, 0.1) is 0 Å². The lowest BCUT2D eigenvalue weighted by Crippen LogP contribution is -2.34. The second-order valence-electron chi connectivity index (χ2n) is 8.00. The maximum atomic E-state index is 12.2. The van der Waals surface area contributed by atoms with Gasteiger partial charge < -0.3 is 10.5 Å². The van der Waals surface area contributed by atoms with Crippen molar-refractivity contribution >= 4 is 28.7 Å². The summed E-state index contributed by atoms with van der Waals surface area (Å²) in [6.45, 7) is 11.3. The monoisotopic (exact) mass is 512 g/mol. The first-order valence-electron chi connectivity index (χ1n) is 12.3. The molecular weight excluding hydrogens is 480 g/mol. The van der Waals surface area contributed by atoms with Crippen molar-refractivity contribution in [1.29, 1.82) is 0 Å². The number of nitrogen functional groups attached to an aromatic ring is 1. The van der Waals surface area contributed by atoms with Gasteiger partial charge in [0.1, 0.15) is 29.3 Å². The van der Waals surface area contributed by atoms with Gasteiger partial charge in [0.05, 0.1) is 11.9 Å². The Morgan fingerprint density at radius 1 is 0.974 bits per heavy atom. The highest BCUT2D eigenvalue weighted by molar-refractivity contribution is 6.15. The summed E-state index contributed by atoms with van der Waals surface area (Å²) < 4.78 is 7.50. The molecule has 9 nitrogen and oxygen atoms in total. The Morgan fingerprint density at radius 3 is 2.21 bits per heavy atom. The predicted molar refractivity (Wildman–Crippen MR) is 149 cm³/mol. The Morgan fingerprint density at radius 2 is 1.61 bits per heavy atom. The zero-order valence-corrected chi connectivity index (χ0v) is 22.1. The molecule has 2 aromatic heterocycles. The van der Waals surface area contributed by atoms with Gasteiger partial charge in [-0.25, -0.2) is 14.6 Å². The molecule has 38 heavy (non-hydrogen) atoms. The van der Waals surface area contributed by atoms with E-state index in [2.05, 4.69) is 16.5 Å². The Balaban J connectivity index is 0.000000748. The van der Waals surface area contributed by atoms with Crippen LogP contribution in [0.2, 0.25) is 0 Å². The number of allylic oxidation sites excluding steroid dienone is 1. The third-order valence-electron chi connectivity index (χ3n) is 5.39. The molecule has 2 aromatic carbocycles. The van der Waals surface area contributed by atoms with Gasteiger partial charge in [-0.2, -0.15) is 5.10 Å². The second-order valence-corrected chi connectivity index (χ2v) is 8.00. The third kappa shape index (κ3) is 6.12. The van der Waals surface area contributed by atoms with Crippen LogP contribution < -0.4 is 10.5 Å². The van der Waals surface area contributed by atoms with E-state index >= 15 is 0 Å². The number of ether oxygens (including phenoxy) is 1. The number of aromatic nitrogens is 4. The Kier molecular flexibility index (Phi) is 9.48. The van der Waals surface area contributed by atoms with Crippen LogP contribution in [-0.2, 0) is 16.1 Å². The van der Waals surface area contributed by atoms with Crippen LogP contribution in [0.3, 0.4) is 0 Å². The largest absolute Gasteiger partial charge is 0.457 e. The topological polar surface area (TPSA) is 116 Å². The first-order valence-corrected chi connectivity index (χ1v) is 12.3. The summed E-state index contributed by atoms with van der Waals surface area (Å²) in [6, 6.07) is 17.0. The highest BCUT2D eigenvalue weighted by atomic mass is 16.5. The molecule has 0 fully saturated rings. The van der Waals surface area contributed by atoms with Crippen LogP contribution in [0.25, 0.3) is 22.3 Å². The van der Waals surface area contributed by atoms with Gasteiger partial charge in [0.15, 0.2) is 5.65 Å². The normalized spacial score (nSPS) is 12.3.